The summed E-state index contributed by atoms with van der Waals surface area (Å²) in [6.07, 6.45) is 3.13. The standard InChI is InChI=1S/C17H19N3O2/c21-17(19-15-8-10-20(22)11-9-15)14-6-7-16(18-12-14)13-4-2-1-3-5-13/h1-7,12,15,22H,8-11H2,(H,19,21). The van der Waals surface area contributed by atoms with Crippen molar-refractivity contribution in [2.24, 2.45) is 0 Å². The Labute approximate surface area is 129 Å². The Morgan fingerprint density at radius 3 is 2.50 bits per heavy atom. The SMILES string of the molecule is O=C(NC1CCN(O)CC1)c1ccc(-c2ccccc2)nc1. The molecule has 114 valence electrons. The van der Waals surface area contributed by atoms with E-state index in [0.29, 0.717) is 18.7 Å². The van der Waals surface area contributed by atoms with Gasteiger partial charge < -0.3 is 10.5 Å². The van der Waals surface area contributed by atoms with Gasteiger partial charge in [-0.05, 0) is 25.0 Å². The van der Waals surface area contributed by atoms with Gasteiger partial charge in [0.15, 0.2) is 0 Å². The molecular formula is C17H19N3O2. The van der Waals surface area contributed by atoms with Gasteiger partial charge in [-0.2, -0.15) is 5.06 Å². The van der Waals surface area contributed by atoms with Gasteiger partial charge in [0.1, 0.15) is 0 Å². The first-order valence-corrected chi connectivity index (χ1v) is 7.48. The number of benzene rings is 1. The third kappa shape index (κ3) is 3.50. The number of amides is 1. The maximum Gasteiger partial charge on any atom is 0.253 e. The largest absolute Gasteiger partial charge is 0.349 e. The summed E-state index contributed by atoms with van der Waals surface area (Å²) in [5.74, 6) is -0.108. The number of carbonyl (C=O) groups excluding carboxylic acids is 1. The molecule has 1 aromatic carbocycles. The van der Waals surface area contributed by atoms with Crippen molar-refractivity contribution in [1.82, 2.24) is 15.4 Å². The van der Waals surface area contributed by atoms with Crippen LogP contribution in [0.25, 0.3) is 11.3 Å². The molecule has 5 nitrogen and oxygen atoms in total. The Hall–Kier alpha value is -2.24. The lowest BCUT2D eigenvalue weighted by Crippen LogP contribution is -2.43. The van der Waals surface area contributed by atoms with E-state index >= 15 is 0 Å². The van der Waals surface area contributed by atoms with Crippen LogP contribution in [0.5, 0.6) is 0 Å². The van der Waals surface area contributed by atoms with E-state index in [0.717, 1.165) is 24.1 Å². The molecule has 0 unspecified atom stereocenters. The van der Waals surface area contributed by atoms with Gasteiger partial charge in [-0.15, -0.1) is 0 Å². The Morgan fingerprint density at radius 1 is 1.14 bits per heavy atom. The van der Waals surface area contributed by atoms with Gasteiger partial charge in [0.25, 0.3) is 5.91 Å². The highest BCUT2D eigenvalue weighted by Gasteiger charge is 2.20. The second-order valence-electron chi connectivity index (χ2n) is 5.50. The second kappa shape index (κ2) is 6.68. The molecule has 0 bridgehead atoms. The maximum absolute atomic E-state index is 12.2. The van der Waals surface area contributed by atoms with Gasteiger partial charge in [-0.1, -0.05) is 30.3 Å². The molecule has 0 saturated carbocycles. The van der Waals surface area contributed by atoms with E-state index in [1.165, 1.54) is 5.06 Å². The first kappa shape index (κ1) is 14.7. The van der Waals surface area contributed by atoms with Crippen LogP contribution in [0.3, 0.4) is 0 Å². The van der Waals surface area contributed by atoms with Gasteiger partial charge in [0.05, 0.1) is 11.3 Å². The summed E-state index contributed by atoms with van der Waals surface area (Å²) in [6, 6.07) is 13.6. The number of hydroxylamine groups is 2. The second-order valence-corrected chi connectivity index (χ2v) is 5.50. The molecule has 3 rings (SSSR count). The lowest BCUT2D eigenvalue weighted by Gasteiger charge is -2.28. The zero-order chi connectivity index (χ0) is 15.4. The molecule has 1 aliphatic rings. The van der Waals surface area contributed by atoms with E-state index in [1.807, 2.05) is 36.4 Å². The number of carbonyl (C=O) groups is 1. The first-order chi connectivity index (χ1) is 10.7. The van der Waals surface area contributed by atoms with E-state index in [4.69, 9.17) is 0 Å². The molecule has 0 radical (unpaired) electrons. The first-order valence-electron chi connectivity index (χ1n) is 7.48. The van der Waals surface area contributed by atoms with Crippen LogP contribution >= 0.6 is 0 Å². The van der Waals surface area contributed by atoms with Crippen LogP contribution in [-0.2, 0) is 0 Å². The Bertz CT molecular complexity index is 620. The maximum atomic E-state index is 12.2. The molecule has 2 aromatic rings. The predicted molar refractivity (Wildman–Crippen MR) is 83.5 cm³/mol. The van der Waals surface area contributed by atoms with E-state index < -0.39 is 0 Å². The Balaban J connectivity index is 1.64. The van der Waals surface area contributed by atoms with Crippen LogP contribution in [0, 0.1) is 0 Å². The average molecular weight is 297 g/mol. The number of nitrogens with zero attached hydrogens (tertiary/aromatic N) is 2. The highest BCUT2D eigenvalue weighted by molar-refractivity contribution is 5.94. The van der Waals surface area contributed by atoms with Crippen LogP contribution in [-0.4, -0.2) is 40.3 Å². The normalized spacial score (nSPS) is 16.4. The van der Waals surface area contributed by atoms with Crippen molar-refractivity contribution >= 4 is 5.91 Å². The fourth-order valence-electron chi connectivity index (χ4n) is 2.59. The molecule has 0 spiro atoms. The van der Waals surface area contributed by atoms with Crippen LogP contribution in [0.15, 0.2) is 48.7 Å². The average Bonchev–Trinajstić information content (AvgIpc) is 2.58. The monoisotopic (exact) mass is 297 g/mol. The van der Waals surface area contributed by atoms with Crippen LogP contribution in [0.2, 0.25) is 0 Å². The van der Waals surface area contributed by atoms with E-state index in [1.54, 1.807) is 12.3 Å². The summed E-state index contributed by atoms with van der Waals surface area (Å²) < 4.78 is 0. The number of pyridine rings is 1. The smallest absolute Gasteiger partial charge is 0.253 e. The van der Waals surface area contributed by atoms with Gasteiger partial charge in [0.2, 0.25) is 0 Å². The number of piperidine rings is 1. The van der Waals surface area contributed by atoms with Crippen molar-refractivity contribution in [2.75, 3.05) is 13.1 Å². The molecule has 2 N–H and O–H groups in total. The number of rotatable bonds is 3. The molecule has 0 atom stereocenters. The van der Waals surface area contributed by atoms with Crippen molar-refractivity contribution in [2.45, 2.75) is 18.9 Å². The van der Waals surface area contributed by atoms with Gasteiger partial charge in [0, 0.05) is 30.9 Å². The van der Waals surface area contributed by atoms with Crippen LogP contribution in [0.1, 0.15) is 23.2 Å². The fraction of sp³-hybridized carbons (Fsp3) is 0.294. The Morgan fingerprint density at radius 2 is 1.86 bits per heavy atom. The van der Waals surface area contributed by atoms with E-state index in [9.17, 15) is 10.0 Å². The molecule has 1 fully saturated rings. The van der Waals surface area contributed by atoms with Crippen molar-refractivity contribution in [3.05, 3.63) is 54.2 Å². The molecule has 1 amide bonds. The summed E-state index contributed by atoms with van der Waals surface area (Å²) in [6.45, 7) is 1.19. The summed E-state index contributed by atoms with van der Waals surface area (Å²) in [4.78, 5) is 16.6. The molecule has 22 heavy (non-hydrogen) atoms. The van der Waals surface area contributed by atoms with Gasteiger partial charge in [-0.25, -0.2) is 0 Å². The molecule has 0 aliphatic carbocycles. The van der Waals surface area contributed by atoms with Gasteiger partial charge in [-0.3, -0.25) is 9.78 Å². The van der Waals surface area contributed by atoms with E-state index in [2.05, 4.69) is 10.3 Å². The fourth-order valence-corrected chi connectivity index (χ4v) is 2.59. The van der Waals surface area contributed by atoms with Crippen LogP contribution in [0.4, 0.5) is 0 Å². The van der Waals surface area contributed by atoms with Gasteiger partial charge >= 0.3 is 0 Å². The quantitative estimate of drug-likeness (QED) is 0.912. The van der Waals surface area contributed by atoms with Crippen molar-refractivity contribution in [1.29, 1.82) is 0 Å². The lowest BCUT2D eigenvalue weighted by molar-refractivity contribution is -0.107. The minimum Gasteiger partial charge on any atom is -0.349 e. The molecule has 1 aliphatic heterocycles. The molecule has 1 aromatic heterocycles. The zero-order valence-corrected chi connectivity index (χ0v) is 12.3. The van der Waals surface area contributed by atoms with Crippen molar-refractivity contribution in [3.63, 3.8) is 0 Å². The van der Waals surface area contributed by atoms with E-state index in [-0.39, 0.29) is 11.9 Å². The third-order valence-electron chi connectivity index (χ3n) is 3.90. The van der Waals surface area contributed by atoms with Crippen molar-refractivity contribution < 1.29 is 10.0 Å². The third-order valence-corrected chi connectivity index (χ3v) is 3.90. The summed E-state index contributed by atoms with van der Waals surface area (Å²) >= 11 is 0. The number of nitrogens with one attached hydrogen (secondary N) is 1. The predicted octanol–water partition coefficient (Wildman–Crippen LogP) is 2.33. The minimum absolute atomic E-state index is 0.108. The minimum atomic E-state index is -0.108. The highest BCUT2D eigenvalue weighted by Crippen LogP contribution is 2.16. The molecule has 5 heteroatoms. The highest BCUT2D eigenvalue weighted by atomic mass is 16.5. The number of aromatic nitrogens is 1. The summed E-state index contributed by atoms with van der Waals surface area (Å²) in [5, 5.41) is 13.6. The zero-order valence-electron chi connectivity index (χ0n) is 12.3. The molecule has 1 saturated heterocycles. The summed E-state index contributed by atoms with van der Waals surface area (Å²) in [7, 11) is 0. The van der Waals surface area contributed by atoms with Crippen molar-refractivity contribution in [3.8, 4) is 11.3 Å². The molecule has 2 heterocycles. The van der Waals surface area contributed by atoms with Crippen LogP contribution < -0.4 is 5.32 Å². The summed E-state index contributed by atoms with van der Waals surface area (Å²) in [5.41, 5.74) is 2.45. The Kier molecular flexibility index (Phi) is 4.46. The lowest BCUT2D eigenvalue weighted by atomic mass is 10.1. The number of hydrogen-bond acceptors (Lipinski definition) is 4. The number of hydrogen-bond donors (Lipinski definition) is 2. The topological polar surface area (TPSA) is 65.5 Å². The molecular weight excluding hydrogens is 278 g/mol.